The Bertz CT molecular complexity index is 1830. The van der Waals surface area contributed by atoms with Gasteiger partial charge in [0, 0.05) is 18.7 Å². The van der Waals surface area contributed by atoms with Crippen LogP contribution in [0.5, 0.6) is 5.75 Å². The molecule has 2 N–H and O–H groups in total. The highest BCUT2D eigenvalue weighted by molar-refractivity contribution is 5.88. The number of pyridine rings is 1. The van der Waals surface area contributed by atoms with E-state index in [4.69, 9.17) is 4.74 Å². The van der Waals surface area contributed by atoms with Gasteiger partial charge in [0.05, 0.1) is 17.3 Å². The SMILES string of the molecule is CC(C)(C)OC(=O)NCC1CCC(Cn2c(=O)c3cc(F)cnc3n(-c3cccc(-c4cc(O)ccc4C=O)c3)c2=O)CC1. The Labute approximate surface area is 253 Å². The van der Waals surface area contributed by atoms with Crippen LogP contribution in [-0.2, 0) is 11.3 Å². The Balaban J connectivity index is 1.45. The molecule has 2 heterocycles. The minimum absolute atomic E-state index is 0.0123. The predicted octanol–water partition coefficient (Wildman–Crippen LogP) is 5.20. The van der Waals surface area contributed by atoms with Gasteiger partial charge in [-0.1, -0.05) is 12.1 Å². The van der Waals surface area contributed by atoms with Gasteiger partial charge in [0.15, 0.2) is 11.9 Å². The van der Waals surface area contributed by atoms with Gasteiger partial charge in [0.2, 0.25) is 0 Å². The highest BCUT2D eigenvalue weighted by Gasteiger charge is 2.25. The number of carbonyl (C=O) groups is 2. The van der Waals surface area contributed by atoms with Crippen molar-refractivity contribution in [2.24, 2.45) is 11.8 Å². The molecule has 5 rings (SSSR count). The first-order chi connectivity index (χ1) is 20.9. The Morgan fingerprint density at radius 3 is 2.52 bits per heavy atom. The maximum atomic E-state index is 14.3. The van der Waals surface area contributed by atoms with Crippen LogP contribution in [-0.4, -0.2) is 43.7 Å². The monoisotopic (exact) mass is 602 g/mol. The van der Waals surface area contributed by atoms with Crippen LogP contribution in [0.15, 0.2) is 64.3 Å². The van der Waals surface area contributed by atoms with E-state index in [1.807, 2.05) is 0 Å². The molecule has 0 radical (unpaired) electrons. The number of nitrogens with zero attached hydrogens (tertiary/aromatic N) is 3. The van der Waals surface area contributed by atoms with E-state index < -0.39 is 28.8 Å². The lowest BCUT2D eigenvalue weighted by Gasteiger charge is -2.29. The summed E-state index contributed by atoms with van der Waals surface area (Å²) in [4.78, 5) is 55.4. The molecule has 0 aliphatic heterocycles. The van der Waals surface area contributed by atoms with Crippen molar-refractivity contribution in [2.75, 3.05) is 6.54 Å². The van der Waals surface area contributed by atoms with Gasteiger partial charge in [-0.15, -0.1) is 0 Å². The van der Waals surface area contributed by atoms with Gasteiger partial charge in [0.1, 0.15) is 17.2 Å². The second-order valence-electron chi connectivity index (χ2n) is 12.3. The first kappa shape index (κ1) is 30.7. The molecule has 2 aromatic carbocycles. The zero-order valence-electron chi connectivity index (χ0n) is 24.9. The van der Waals surface area contributed by atoms with Crippen LogP contribution >= 0.6 is 0 Å². The molecule has 2 aromatic heterocycles. The van der Waals surface area contributed by atoms with Gasteiger partial charge < -0.3 is 15.2 Å². The van der Waals surface area contributed by atoms with Crippen molar-refractivity contribution >= 4 is 23.4 Å². The summed E-state index contributed by atoms with van der Waals surface area (Å²) in [5.41, 5.74) is -0.0683. The number of hydrogen-bond acceptors (Lipinski definition) is 7. The second-order valence-corrected chi connectivity index (χ2v) is 12.3. The molecular formula is C33H35FN4O6. The molecule has 10 nitrogen and oxygen atoms in total. The van der Waals surface area contributed by atoms with Crippen molar-refractivity contribution in [2.45, 2.75) is 58.6 Å². The third kappa shape index (κ3) is 6.72. The average molecular weight is 603 g/mol. The molecule has 0 unspecified atom stereocenters. The topological polar surface area (TPSA) is 133 Å². The molecule has 1 aliphatic rings. The van der Waals surface area contributed by atoms with Crippen LogP contribution in [0.3, 0.4) is 0 Å². The van der Waals surface area contributed by atoms with Crippen molar-refractivity contribution in [3.63, 3.8) is 0 Å². The second kappa shape index (κ2) is 12.4. The minimum atomic E-state index is -0.700. The summed E-state index contributed by atoms with van der Waals surface area (Å²) in [6, 6.07) is 12.2. The van der Waals surface area contributed by atoms with Crippen molar-refractivity contribution in [3.8, 4) is 22.6 Å². The molecule has 4 aromatic rings. The normalized spacial score (nSPS) is 16.9. The van der Waals surface area contributed by atoms with Crippen LogP contribution in [0.25, 0.3) is 27.8 Å². The molecule has 1 amide bonds. The zero-order chi connectivity index (χ0) is 31.6. The van der Waals surface area contributed by atoms with Crippen LogP contribution in [0.1, 0.15) is 56.8 Å². The Morgan fingerprint density at radius 2 is 1.82 bits per heavy atom. The number of phenolic OH excluding ortho intramolecular Hbond substituents is 1. The highest BCUT2D eigenvalue weighted by atomic mass is 19.1. The summed E-state index contributed by atoms with van der Waals surface area (Å²) in [5.74, 6) is -0.453. The standard InChI is InChI=1S/C33H35FN4O6/c1-33(2,3)44-31(42)36-16-20-7-9-21(10-8-20)18-37-30(41)28-14-24(34)17-35-29(28)38(32(37)43)25-6-4-5-22(13-25)27-15-26(40)12-11-23(27)19-39/h4-6,11-15,17,19-21,40H,7-10,16,18H2,1-3H3,(H,36,42). The summed E-state index contributed by atoms with van der Waals surface area (Å²) in [6.07, 6.45) is 4.27. The van der Waals surface area contributed by atoms with Crippen molar-refractivity contribution in [1.29, 1.82) is 0 Å². The lowest BCUT2D eigenvalue weighted by atomic mass is 9.82. The van der Waals surface area contributed by atoms with E-state index in [2.05, 4.69) is 10.3 Å². The van der Waals surface area contributed by atoms with Gasteiger partial charge in [-0.25, -0.2) is 23.5 Å². The number of fused-ring (bicyclic) bond motifs is 1. The summed E-state index contributed by atoms with van der Waals surface area (Å²) in [5, 5.41) is 12.8. The van der Waals surface area contributed by atoms with Crippen LogP contribution in [0.2, 0.25) is 0 Å². The van der Waals surface area contributed by atoms with Gasteiger partial charge >= 0.3 is 11.8 Å². The molecule has 1 saturated carbocycles. The number of nitrogens with one attached hydrogen (secondary N) is 1. The zero-order valence-corrected chi connectivity index (χ0v) is 24.9. The first-order valence-electron chi connectivity index (χ1n) is 14.6. The molecule has 44 heavy (non-hydrogen) atoms. The third-order valence-electron chi connectivity index (χ3n) is 7.86. The number of amides is 1. The van der Waals surface area contributed by atoms with E-state index in [9.17, 15) is 28.7 Å². The molecule has 0 spiro atoms. The van der Waals surface area contributed by atoms with Crippen LogP contribution in [0.4, 0.5) is 9.18 Å². The van der Waals surface area contributed by atoms with Gasteiger partial charge in [0.25, 0.3) is 5.56 Å². The average Bonchev–Trinajstić information content (AvgIpc) is 2.98. The lowest BCUT2D eigenvalue weighted by Crippen LogP contribution is -2.42. The predicted molar refractivity (Wildman–Crippen MR) is 164 cm³/mol. The quantitative estimate of drug-likeness (QED) is 0.278. The molecule has 1 aliphatic carbocycles. The largest absolute Gasteiger partial charge is 0.508 e. The summed E-state index contributed by atoms with van der Waals surface area (Å²) >= 11 is 0. The molecule has 11 heteroatoms. The third-order valence-corrected chi connectivity index (χ3v) is 7.86. The Kier molecular flexibility index (Phi) is 8.66. The number of hydrogen-bond donors (Lipinski definition) is 2. The van der Waals surface area contributed by atoms with Crippen LogP contribution < -0.4 is 16.6 Å². The molecule has 1 fully saturated rings. The fraction of sp³-hybridized carbons (Fsp3) is 0.364. The fourth-order valence-corrected chi connectivity index (χ4v) is 5.73. The number of aldehydes is 1. The fourth-order valence-electron chi connectivity index (χ4n) is 5.73. The number of benzene rings is 2. The first-order valence-corrected chi connectivity index (χ1v) is 14.6. The number of phenols is 1. The van der Waals surface area contributed by atoms with E-state index in [0.717, 1.165) is 42.5 Å². The maximum Gasteiger partial charge on any atom is 0.407 e. The van der Waals surface area contributed by atoms with Crippen molar-refractivity contribution in [3.05, 3.63) is 86.9 Å². The summed E-state index contributed by atoms with van der Waals surface area (Å²) < 4.78 is 22.1. The molecular weight excluding hydrogens is 567 g/mol. The van der Waals surface area contributed by atoms with Gasteiger partial charge in [-0.05, 0) is 106 Å². The molecule has 0 atom stereocenters. The number of carbonyl (C=O) groups excluding carboxylic acids is 2. The smallest absolute Gasteiger partial charge is 0.407 e. The number of rotatable bonds is 7. The van der Waals surface area contributed by atoms with E-state index in [1.165, 1.54) is 22.8 Å². The number of alkyl carbamates (subject to hydrolysis) is 1. The Morgan fingerprint density at radius 1 is 1.09 bits per heavy atom. The van der Waals surface area contributed by atoms with E-state index in [0.29, 0.717) is 35.2 Å². The number of ether oxygens (including phenoxy) is 1. The molecule has 0 saturated heterocycles. The van der Waals surface area contributed by atoms with Gasteiger partial charge in [-0.2, -0.15) is 0 Å². The van der Waals surface area contributed by atoms with Crippen molar-refractivity contribution < 1.29 is 23.8 Å². The minimum Gasteiger partial charge on any atom is -0.508 e. The molecule has 230 valence electrons. The molecule has 0 bridgehead atoms. The van der Waals surface area contributed by atoms with Crippen molar-refractivity contribution in [1.82, 2.24) is 19.4 Å². The summed E-state index contributed by atoms with van der Waals surface area (Å²) in [7, 11) is 0. The maximum absolute atomic E-state index is 14.3. The number of aromatic hydroxyl groups is 1. The van der Waals surface area contributed by atoms with E-state index >= 15 is 0 Å². The van der Waals surface area contributed by atoms with E-state index in [1.54, 1.807) is 45.0 Å². The Hall–Kier alpha value is -4.80. The number of aromatic nitrogens is 3. The summed E-state index contributed by atoms with van der Waals surface area (Å²) in [6.45, 7) is 6.05. The van der Waals surface area contributed by atoms with E-state index in [-0.39, 0.29) is 35.2 Å². The van der Waals surface area contributed by atoms with Crippen LogP contribution in [0, 0.1) is 17.7 Å². The number of halogens is 1. The van der Waals surface area contributed by atoms with Gasteiger partial charge in [-0.3, -0.25) is 14.2 Å². The lowest BCUT2D eigenvalue weighted by molar-refractivity contribution is 0.0512. The highest BCUT2D eigenvalue weighted by Crippen LogP contribution is 2.30.